The summed E-state index contributed by atoms with van der Waals surface area (Å²) in [6, 6.07) is 0. The molecule has 0 bridgehead atoms. The van der Waals surface area contributed by atoms with Gasteiger partial charge in [0.2, 0.25) is 15.2 Å². The van der Waals surface area contributed by atoms with Crippen LogP contribution < -0.4 is 30.8 Å². The molecule has 0 aromatic carbocycles. The molecule has 0 amide bonds. The molecular weight excluding hydrogens is 499 g/mol. The highest BCUT2D eigenvalue weighted by molar-refractivity contribution is 7.74. The van der Waals surface area contributed by atoms with Gasteiger partial charge in [-0.3, -0.25) is 14.3 Å². The van der Waals surface area contributed by atoms with Crippen molar-refractivity contribution in [1.82, 2.24) is 9.55 Å². The fraction of sp³-hybridized carbons (Fsp3) is 0.636. The number of hydrogen-bond donors (Lipinski definition) is 2. The Labute approximate surface area is 170 Å². The second-order valence-electron chi connectivity index (χ2n) is 6.24. The number of nitrogens with zero attached hydrogens (tertiary/aromatic N) is 1. The Kier molecular flexibility index (Phi) is 7.33. The Hall–Kier alpha value is -1.09. The van der Waals surface area contributed by atoms with Gasteiger partial charge in [0.15, 0.2) is 0 Å². The summed E-state index contributed by atoms with van der Waals surface area (Å²) in [5.74, 6) is 0. The summed E-state index contributed by atoms with van der Waals surface area (Å²) in [5.41, 5.74) is -1.60. The molecule has 2 rings (SSSR count). The molecule has 2 unspecified atom stereocenters. The van der Waals surface area contributed by atoms with E-state index in [-0.39, 0.29) is 12.0 Å². The third kappa shape index (κ3) is 5.64. The van der Waals surface area contributed by atoms with Crippen LogP contribution in [0.1, 0.15) is 18.2 Å². The number of nitrogens with one attached hydrogen (secondary N) is 1. The summed E-state index contributed by atoms with van der Waals surface area (Å²) in [4.78, 5) is 68.5. The first-order valence-corrected chi connectivity index (χ1v) is 12.5. The van der Waals surface area contributed by atoms with Gasteiger partial charge in [0.1, 0.15) is 12.3 Å². The maximum atomic E-state index is 13.8. The van der Waals surface area contributed by atoms with Gasteiger partial charge in [-0.25, -0.2) is 4.79 Å². The largest absolute Gasteiger partial charge is 0.790 e. The number of halogens is 2. The van der Waals surface area contributed by atoms with Gasteiger partial charge < -0.3 is 51.9 Å². The molecule has 1 fully saturated rings. The summed E-state index contributed by atoms with van der Waals surface area (Å²) in [6.07, 6.45) is -3.85. The van der Waals surface area contributed by atoms with Crippen molar-refractivity contribution in [3.63, 3.8) is 0 Å². The Morgan fingerprint density at radius 3 is 2.39 bits per heavy atom. The molecule has 20 heteroatoms. The van der Waals surface area contributed by atoms with Gasteiger partial charge in [-0.15, -0.1) is 0 Å². The molecule has 2 heterocycles. The molecule has 1 aliphatic heterocycles. The molecule has 178 valence electrons. The average molecular weight is 512 g/mol. The van der Waals surface area contributed by atoms with Crippen LogP contribution in [-0.2, 0) is 27.3 Å². The second kappa shape index (κ2) is 8.69. The van der Waals surface area contributed by atoms with E-state index in [1.54, 1.807) is 0 Å². The fourth-order valence-corrected chi connectivity index (χ4v) is 6.06. The van der Waals surface area contributed by atoms with Crippen LogP contribution in [-0.4, -0.2) is 38.9 Å². The summed E-state index contributed by atoms with van der Waals surface area (Å²) >= 11 is 0. The predicted octanol–water partition coefficient (Wildman–Crippen LogP) is -2.99. The van der Waals surface area contributed by atoms with Crippen LogP contribution in [0, 0.1) is 6.92 Å². The van der Waals surface area contributed by atoms with Crippen LogP contribution in [0.2, 0.25) is 0 Å². The van der Waals surface area contributed by atoms with Crippen LogP contribution in [0.3, 0.4) is 0 Å². The first-order valence-electron chi connectivity index (χ1n) is 7.91. The number of aryl methyl sites for hydroxylation is 1. The van der Waals surface area contributed by atoms with Gasteiger partial charge >= 0.3 is 11.1 Å². The smallest absolute Gasteiger partial charge is 0.368 e. The molecule has 1 aliphatic rings. The number of ether oxygens (including phenoxy) is 1. The molecule has 5 atom stereocenters. The number of aromatic nitrogens is 2. The molecule has 31 heavy (non-hydrogen) atoms. The fourth-order valence-electron chi connectivity index (χ4n) is 2.42. The van der Waals surface area contributed by atoms with Crippen molar-refractivity contribution in [3.05, 3.63) is 32.6 Å². The highest BCUT2D eigenvalue weighted by Crippen LogP contribution is 2.74. The van der Waals surface area contributed by atoms with Crippen LogP contribution in [0.15, 0.2) is 15.8 Å². The molecule has 1 aromatic rings. The molecule has 2 N–H and O–H groups in total. The summed E-state index contributed by atoms with van der Waals surface area (Å²) in [6.45, 7) is -0.0417. The summed E-state index contributed by atoms with van der Waals surface area (Å²) in [5, 5.41) is 3.96. The predicted molar refractivity (Wildman–Crippen MR) is 85.4 cm³/mol. The van der Waals surface area contributed by atoms with Gasteiger partial charge in [0.25, 0.3) is 5.56 Å². The van der Waals surface area contributed by atoms with E-state index in [9.17, 15) is 56.7 Å². The van der Waals surface area contributed by atoms with Gasteiger partial charge in [0, 0.05) is 18.2 Å². The number of aromatic amines is 1. The van der Waals surface area contributed by atoms with Gasteiger partial charge in [-0.2, -0.15) is 8.78 Å². The van der Waals surface area contributed by atoms with Gasteiger partial charge in [-0.05, 0) is 6.92 Å². The van der Waals surface area contributed by atoms with E-state index in [0.29, 0.717) is 0 Å². The molecule has 0 radical (unpaired) electrons. The van der Waals surface area contributed by atoms with E-state index in [1.807, 2.05) is 4.98 Å². The number of aliphatic hydroxyl groups is 1. The number of phosphoric acid groups is 1. The first kappa shape index (κ1) is 26.2. The van der Waals surface area contributed by atoms with Crippen LogP contribution in [0.25, 0.3) is 0 Å². The van der Waals surface area contributed by atoms with Crippen molar-refractivity contribution in [2.45, 2.75) is 37.2 Å². The minimum atomic E-state index is -7.15. The van der Waals surface area contributed by atoms with Crippen molar-refractivity contribution in [1.29, 1.82) is 0 Å². The van der Waals surface area contributed by atoms with E-state index >= 15 is 0 Å². The molecule has 0 saturated carbocycles. The Balaban J connectivity index is 2.15. The maximum absolute atomic E-state index is 13.8. The second-order valence-corrected chi connectivity index (χ2v) is 11.5. The molecule has 0 spiro atoms. The molecule has 1 aromatic heterocycles. The van der Waals surface area contributed by atoms with E-state index in [4.69, 9.17) is 4.74 Å². The Morgan fingerprint density at radius 2 is 1.84 bits per heavy atom. The summed E-state index contributed by atoms with van der Waals surface area (Å²) < 4.78 is 73.2. The van der Waals surface area contributed by atoms with Crippen molar-refractivity contribution >= 4 is 23.0 Å². The highest BCUT2D eigenvalue weighted by Gasteiger charge is 2.54. The summed E-state index contributed by atoms with van der Waals surface area (Å²) in [7, 11) is -20.5. The number of H-pyrrole nitrogens is 1. The highest BCUT2D eigenvalue weighted by atomic mass is 31.3. The maximum Gasteiger partial charge on any atom is 0.368 e. The number of aliphatic hydroxyl groups excluding tert-OH is 1. The van der Waals surface area contributed by atoms with E-state index < -0.39 is 64.7 Å². The minimum Gasteiger partial charge on any atom is -0.790 e. The Bertz CT molecular complexity index is 1100. The lowest BCUT2D eigenvalue weighted by molar-refractivity contribution is -0.338. The van der Waals surface area contributed by atoms with Crippen LogP contribution in [0.4, 0.5) is 8.78 Å². The van der Waals surface area contributed by atoms with Gasteiger partial charge in [0.05, 0.1) is 20.5 Å². The zero-order valence-electron chi connectivity index (χ0n) is 15.1. The number of hydrogen-bond acceptors (Lipinski definition) is 13. The monoisotopic (exact) mass is 512 g/mol. The number of rotatable bonds is 8. The van der Waals surface area contributed by atoms with E-state index in [0.717, 1.165) is 10.8 Å². The van der Waals surface area contributed by atoms with E-state index in [2.05, 4.69) is 8.83 Å². The minimum absolute atomic E-state index is 0.0707. The van der Waals surface area contributed by atoms with E-state index in [1.165, 1.54) is 6.92 Å². The SMILES string of the molecule is Cc1cn([C@H]2C[C@H](O)[C@@H](COP(=O)([O-])C(F)(F)P(=O)([O-])OP(=O)([O-])[O-])O2)c(=O)[nH]c1=O. The lowest BCUT2D eigenvalue weighted by Crippen LogP contribution is -2.35. The van der Waals surface area contributed by atoms with Gasteiger partial charge in [-0.1, -0.05) is 0 Å². The van der Waals surface area contributed by atoms with Crippen LogP contribution in [0.5, 0.6) is 0 Å². The third-order valence-electron chi connectivity index (χ3n) is 3.94. The Morgan fingerprint density at radius 1 is 1.26 bits per heavy atom. The number of alkyl halides is 2. The standard InChI is InChI=1S/C11H17F2N2O13P3/c1-5-3-15(10(18)14-9(5)17)8-2-6(16)7(27-8)4-26-29(19,20)11(12,13)30(21,22)28-31(23,24)25/h3,6-8,16H,2,4H2,1H3,(H,19,20)(H,21,22)(H,14,17,18)(H2,23,24,25)/p-4/t6-,7+,8+/m0/s1. The normalized spacial score (nSPS) is 26.4. The quantitative estimate of drug-likeness (QED) is 0.330. The van der Waals surface area contributed by atoms with Crippen LogP contribution >= 0.6 is 23.0 Å². The third-order valence-corrected chi connectivity index (χ3v) is 8.87. The lowest BCUT2D eigenvalue weighted by atomic mass is 10.2. The zero-order chi connectivity index (χ0) is 24.0. The molecular formula is C11H13F2N2O13P3-4. The van der Waals surface area contributed by atoms with Crippen molar-refractivity contribution < 1.29 is 60.7 Å². The topological polar surface area (TPSA) is 246 Å². The lowest BCUT2D eigenvalue weighted by Gasteiger charge is -2.43. The average Bonchev–Trinajstić information content (AvgIpc) is 2.94. The molecule has 15 nitrogen and oxygen atoms in total. The van der Waals surface area contributed by atoms with Crippen molar-refractivity contribution in [2.24, 2.45) is 0 Å². The molecule has 0 aliphatic carbocycles. The van der Waals surface area contributed by atoms with Crippen molar-refractivity contribution in [2.75, 3.05) is 6.61 Å². The first-order chi connectivity index (χ1) is 13.9. The zero-order valence-corrected chi connectivity index (χ0v) is 17.8. The molecule has 1 saturated heterocycles. The van der Waals surface area contributed by atoms with Crippen molar-refractivity contribution in [3.8, 4) is 0 Å².